The molecular weight excluding hydrogens is 344 g/mol. The summed E-state index contributed by atoms with van der Waals surface area (Å²) in [6.45, 7) is 3.34. The molecule has 0 spiro atoms. The van der Waals surface area contributed by atoms with Crippen LogP contribution in [0.3, 0.4) is 0 Å². The highest BCUT2D eigenvalue weighted by molar-refractivity contribution is 6.30. The lowest BCUT2D eigenvalue weighted by molar-refractivity contribution is 0.702. The van der Waals surface area contributed by atoms with Crippen molar-refractivity contribution in [3.8, 4) is 17.1 Å². The minimum atomic E-state index is 0.657. The van der Waals surface area contributed by atoms with E-state index in [-0.39, 0.29) is 0 Å². The molecule has 4 nitrogen and oxygen atoms in total. The van der Waals surface area contributed by atoms with Crippen LogP contribution in [0.1, 0.15) is 12.7 Å². The molecular formula is C21H19ClN4. The second-order valence-corrected chi connectivity index (χ2v) is 6.73. The molecule has 0 amide bonds. The van der Waals surface area contributed by atoms with E-state index in [1.54, 1.807) is 0 Å². The molecule has 3 aromatic rings. The molecule has 1 aliphatic rings. The maximum Gasteiger partial charge on any atom is 0.182 e. The first-order valence-corrected chi connectivity index (χ1v) is 8.97. The molecule has 1 aromatic heterocycles. The molecule has 1 aliphatic heterocycles. The van der Waals surface area contributed by atoms with Gasteiger partial charge in [-0.2, -0.15) is 0 Å². The number of hydrogen-bond donors (Lipinski definition) is 0. The predicted molar refractivity (Wildman–Crippen MR) is 106 cm³/mol. The Hall–Kier alpha value is -2.85. The van der Waals surface area contributed by atoms with Crippen LogP contribution in [0.2, 0.25) is 5.02 Å². The average molecular weight is 363 g/mol. The highest BCUT2D eigenvalue weighted by atomic mass is 35.5. The van der Waals surface area contributed by atoms with Crippen LogP contribution in [-0.2, 0) is 0 Å². The lowest BCUT2D eigenvalue weighted by atomic mass is 10.2. The third-order valence-electron chi connectivity index (χ3n) is 4.28. The van der Waals surface area contributed by atoms with Gasteiger partial charge in [-0.05, 0) is 61.7 Å². The topological polar surface area (TPSA) is 33.7 Å². The fourth-order valence-electron chi connectivity index (χ4n) is 2.68. The van der Waals surface area contributed by atoms with Gasteiger partial charge in [-0.1, -0.05) is 35.9 Å². The SMILES string of the molecule is CC1CN1/C=C\C=C/c1nc(-c2ccc(Cl)cc2)nn1-c1ccccc1. The van der Waals surface area contributed by atoms with Gasteiger partial charge in [0.15, 0.2) is 11.6 Å². The summed E-state index contributed by atoms with van der Waals surface area (Å²) in [6, 6.07) is 18.2. The molecule has 0 bridgehead atoms. The number of allylic oxidation sites excluding steroid dienone is 2. The fourth-order valence-corrected chi connectivity index (χ4v) is 2.81. The Morgan fingerprint density at radius 3 is 2.46 bits per heavy atom. The fraction of sp³-hybridized carbons (Fsp3) is 0.143. The van der Waals surface area contributed by atoms with E-state index in [0.29, 0.717) is 16.9 Å². The van der Waals surface area contributed by atoms with Crippen molar-refractivity contribution in [2.75, 3.05) is 6.54 Å². The van der Waals surface area contributed by atoms with Crippen molar-refractivity contribution in [2.24, 2.45) is 0 Å². The first-order valence-electron chi connectivity index (χ1n) is 8.60. The summed E-state index contributed by atoms with van der Waals surface area (Å²) in [4.78, 5) is 6.98. The number of aromatic nitrogens is 3. The summed E-state index contributed by atoms with van der Waals surface area (Å²) < 4.78 is 1.86. The summed E-state index contributed by atoms with van der Waals surface area (Å²) in [5, 5.41) is 5.40. The zero-order valence-electron chi connectivity index (χ0n) is 14.5. The van der Waals surface area contributed by atoms with Crippen LogP contribution < -0.4 is 0 Å². The molecule has 130 valence electrons. The van der Waals surface area contributed by atoms with Crippen LogP contribution in [0.4, 0.5) is 0 Å². The molecule has 0 aliphatic carbocycles. The molecule has 26 heavy (non-hydrogen) atoms. The normalized spacial score (nSPS) is 16.7. The van der Waals surface area contributed by atoms with Gasteiger partial charge >= 0.3 is 0 Å². The van der Waals surface area contributed by atoms with E-state index in [9.17, 15) is 0 Å². The van der Waals surface area contributed by atoms with E-state index in [4.69, 9.17) is 21.7 Å². The maximum absolute atomic E-state index is 5.99. The van der Waals surface area contributed by atoms with Gasteiger partial charge in [0.25, 0.3) is 0 Å². The number of halogens is 1. The molecule has 2 heterocycles. The van der Waals surface area contributed by atoms with Gasteiger partial charge in [0, 0.05) is 23.2 Å². The zero-order chi connectivity index (χ0) is 17.9. The van der Waals surface area contributed by atoms with Crippen molar-refractivity contribution in [2.45, 2.75) is 13.0 Å². The minimum Gasteiger partial charge on any atom is -0.371 e. The highest BCUT2D eigenvalue weighted by Gasteiger charge is 2.24. The van der Waals surface area contributed by atoms with Crippen LogP contribution >= 0.6 is 11.6 Å². The van der Waals surface area contributed by atoms with Crippen molar-refractivity contribution in [1.29, 1.82) is 0 Å². The molecule has 1 saturated heterocycles. The molecule has 0 N–H and O–H groups in total. The van der Waals surface area contributed by atoms with Crippen LogP contribution in [-0.4, -0.2) is 32.3 Å². The second kappa shape index (κ2) is 7.18. The molecule has 1 atom stereocenters. The number of hydrogen-bond acceptors (Lipinski definition) is 3. The van der Waals surface area contributed by atoms with Crippen LogP contribution in [0, 0.1) is 0 Å². The monoisotopic (exact) mass is 362 g/mol. The van der Waals surface area contributed by atoms with Gasteiger partial charge in [0.1, 0.15) is 0 Å². The van der Waals surface area contributed by atoms with Gasteiger partial charge in [0.05, 0.1) is 5.69 Å². The Kier molecular flexibility index (Phi) is 4.59. The summed E-state index contributed by atoms with van der Waals surface area (Å²) in [6.07, 6.45) is 8.12. The van der Waals surface area contributed by atoms with Crippen molar-refractivity contribution in [3.63, 3.8) is 0 Å². The molecule has 5 heteroatoms. The maximum atomic E-state index is 5.99. The Labute approximate surface area is 158 Å². The van der Waals surface area contributed by atoms with Gasteiger partial charge < -0.3 is 4.90 Å². The van der Waals surface area contributed by atoms with Crippen molar-refractivity contribution in [1.82, 2.24) is 19.7 Å². The summed E-state index contributed by atoms with van der Waals surface area (Å²) in [5.74, 6) is 1.46. The van der Waals surface area contributed by atoms with E-state index in [1.165, 1.54) is 0 Å². The van der Waals surface area contributed by atoms with Gasteiger partial charge in [-0.25, -0.2) is 9.67 Å². The van der Waals surface area contributed by atoms with Crippen LogP contribution in [0.5, 0.6) is 0 Å². The smallest absolute Gasteiger partial charge is 0.182 e. The lowest BCUT2D eigenvalue weighted by Gasteiger charge is -2.01. The van der Waals surface area contributed by atoms with Gasteiger partial charge in [-0.15, -0.1) is 5.10 Å². The van der Waals surface area contributed by atoms with Crippen LogP contribution in [0.15, 0.2) is 72.9 Å². The van der Waals surface area contributed by atoms with Crippen molar-refractivity contribution in [3.05, 3.63) is 83.8 Å². The molecule has 2 aromatic carbocycles. The molecule has 1 unspecified atom stereocenters. The third kappa shape index (κ3) is 3.70. The summed E-state index contributed by atoms with van der Waals surface area (Å²) in [7, 11) is 0. The predicted octanol–water partition coefficient (Wildman–Crippen LogP) is 4.82. The first-order chi connectivity index (χ1) is 12.7. The first kappa shape index (κ1) is 16.6. The van der Waals surface area contributed by atoms with Gasteiger partial charge in [0.2, 0.25) is 0 Å². The standard InChI is InChI=1S/C21H19ClN4/c1-16-15-25(16)14-6-5-9-20-23-21(17-10-12-18(22)13-11-17)24-26(20)19-7-3-2-4-8-19/h2-14,16H,15H2,1H3/b9-5-,14-6-. The number of benzene rings is 2. The van der Waals surface area contributed by atoms with Gasteiger partial charge in [-0.3, -0.25) is 0 Å². The Bertz CT molecular complexity index is 942. The number of rotatable bonds is 5. The Balaban J connectivity index is 1.67. The molecule has 0 saturated carbocycles. The molecule has 1 fully saturated rings. The highest BCUT2D eigenvalue weighted by Crippen LogP contribution is 2.21. The van der Waals surface area contributed by atoms with E-state index < -0.39 is 0 Å². The Morgan fingerprint density at radius 1 is 1.04 bits per heavy atom. The largest absolute Gasteiger partial charge is 0.371 e. The summed E-state index contributed by atoms with van der Waals surface area (Å²) >= 11 is 5.99. The van der Waals surface area contributed by atoms with Crippen LogP contribution in [0.25, 0.3) is 23.2 Å². The van der Waals surface area contributed by atoms with E-state index in [1.807, 2.05) is 77.5 Å². The molecule has 0 radical (unpaired) electrons. The van der Waals surface area contributed by atoms with Crippen molar-refractivity contribution < 1.29 is 0 Å². The van der Waals surface area contributed by atoms with E-state index >= 15 is 0 Å². The van der Waals surface area contributed by atoms with E-state index in [2.05, 4.69) is 18.0 Å². The molecule has 4 rings (SSSR count). The Morgan fingerprint density at radius 2 is 1.77 bits per heavy atom. The third-order valence-corrected chi connectivity index (χ3v) is 4.53. The van der Waals surface area contributed by atoms with E-state index in [0.717, 1.165) is 23.6 Å². The number of nitrogens with zero attached hydrogens (tertiary/aromatic N) is 4. The number of para-hydroxylation sites is 1. The minimum absolute atomic E-state index is 0.657. The lowest BCUT2D eigenvalue weighted by Crippen LogP contribution is -1.98. The quantitative estimate of drug-likeness (QED) is 0.482. The van der Waals surface area contributed by atoms with Crippen molar-refractivity contribution >= 4 is 17.7 Å². The zero-order valence-corrected chi connectivity index (χ0v) is 15.2. The average Bonchev–Trinajstić information content (AvgIpc) is 3.20. The summed E-state index contributed by atoms with van der Waals surface area (Å²) in [5.41, 5.74) is 1.91. The second-order valence-electron chi connectivity index (χ2n) is 6.29.